The van der Waals surface area contributed by atoms with Crippen LogP contribution in [0.15, 0.2) is 66.4 Å². The van der Waals surface area contributed by atoms with Gasteiger partial charge in [0.2, 0.25) is 0 Å². The second-order valence-electron chi connectivity index (χ2n) is 6.42. The molecule has 2 N–H and O–H groups in total. The highest BCUT2D eigenvalue weighted by atomic mass is 32.1. The van der Waals surface area contributed by atoms with Crippen molar-refractivity contribution < 1.29 is 9.53 Å². The van der Waals surface area contributed by atoms with Gasteiger partial charge in [-0.1, -0.05) is 0 Å². The van der Waals surface area contributed by atoms with E-state index < -0.39 is 0 Å². The number of amides is 1. The molecule has 0 aliphatic heterocycles. The van der Waals surface area contributed by atoms with E-state index in [2.05, 4.69) is 25.7 Å². The third-order valence-electron chi connectivity index (χ3n) is 4.34. The minimum atomic E-state index is -0.298. The summed E-state index contributed by atoms with van der Waals surface area (Å²) in [5.74, 6) is 0.973. The van der Waals surface area contributed by atoms with Crippen molar-refractivity contribution in [3.63, 3.8) is 0 Å². The lowest BCUT2D eigenvalue weighted by molar-refractivity contribution is 0.102. The lowest BCUT2D eigenvalue weighted by Crippen LogP contribution is -2.13. The zero-order valence-corrected chi connectivity index (χ0v) is 17.1. The number of methoxy groups -OCH3 is 1. The van der Waals surface area contributed by atoms with Crippen LogP contribution in [0, 0.1) is 0 Å². The van der Waals surface area contributed by atoms with Gasteiger partial charge in [-0.05, 0) is 48.4 Å². The van der Waals surface area contributed by atoms with E-state index in [0.29, 0.717) is 23.2 Å². The molecule has 0 saturated carbocycles. The summed E-state index contributed by atoms with van der Waals surface area (Å²) in [7, 11) is 1.62. The zero-order valence-electron chi connectivity index (χ0n) is 16.3. The first-order valence-electron chi connectivity index (χ1n) is 9.30. The van der Waals surface area contributed by atoms with Crippen molar-refractivity contribution >= 4 is 33.9 Å². The predicted molar refractivity (Wildman–Crippen MR) is 117 cm³/mol. The Kier molecular flexibility index (Phi) is 6.00. The van der Waals surface area contributed by atoms with Crippen molar-refractivity contribution in [1.82, 2.24) is 19.7 Å². The van der Waals surface area contributed by atoms with Crippen LogP contribution in [0.5, 0.6) is 5.75 Å². The molecule has 0 bridgehead atoms. The van der Waals surface area contributed by atoms with Crippen LogP contribution in [-0.2, 0) is 13.0 Å². The van der Waals surface area contributed by atoms with Gasteiger partial charge in [-0.25, -0.2) is 4.98 Å². The molecule has 0 unspecified atom stereocenters. The molecular formula is C21H20N6O2S. The van der Waals surface area contributed by atoms with E-state index in [1.807, 2.05) is 42.6 Å². The number of aromatic nitrogens is 4. The first kappa shape index (κ1) is 19.6. The molecule has 0 aliphatic carbocycles. The number of nitrogens with one attached hydrogen (secondary N) is 2. The summed E-state index contributed by atoms with van der Waals surface area (Å²) in [4.78, 5) is 20.8. The molecule has 152 valence electrons. The van der Waals surface area contributed by atoms with Gasteiger partial charge in [-0.15, -0.1) is 11.3 Å². The van der Waals surface area contributed by atoms with Gasteiger partial charge in [0.15, 0.2) is 10.9 Å². The molecule has 0 fully saturated rings. The molecule has 0 radical (unpaired) electrons. The van der Waals surface area contributed by atoms with Crippen LogP contribution >= 0.6 is 11.3 Å². The first-order chi connectivity index (χ1) is 14.7. The standard InChI is InChI=1S/C21H20N6O2S/c1-29-17-4-2-16(3-5-17)23-21-24-18(14-30-21)20(28)25-19-9-13-27(26-19)12-8-15-6-10-22-11-7-15/h2-7,9-11,13-14H,8,12H2,1H3,(H,23,24)(H,25,26,28). The second-order valence-corrected chi connectivity index (χ2v) is 7.27. The second kappa shape index (κ2) is 9.19. The maximum atomic E-state index is 12.5. The Bertz CT molecular complexity index is 1110. The van der Waals surface area contributed by atoms with Crippen LogP contribution in [0.1, 0.15) is 16.1 Å². The first-order valence-corrected chi connectivity index (χ1v) is 10.2. The van der Waals surface area contributed by atoms with E-state index >= 15 is 0 Å². The van der Waals surface area contributed by atoms with Gasteiger partial charge in [0.05, 0.1) is 7.11 Å². The minimum absolute atomic E-state index is 0.298. The molecule has 4 aromatic rings. The Morgan fingerprint density at radius 3 is 2.70 bits per heavy atom. The number of hydrogen-bond acceptors (Lipinski definition) is 7. The summed E-state index contributed by atoms with van der Waals surface area (Å²) in [6.07, 6.45) is 6.23. The fourth-order valence-electron chi connectivity index (χ4n) is 2.76. The topological polar surface area (TPSA) is 94.0 Å². The van der Waals surface area contributed by atoms with Crippen molar-refractivity contribution in [1.29, 1.82) is 0 Å². The molecule has 3 heterocycles. The number of carbonyl (C=O) groups is 1. The molecule has 1 amide bonds. The lowest BCUT2D eigenvalue weighted by atomic mass is 10.2. The van der Waals surface area contributed by atoms with Crippen LogP contribution in [0.3, 0.4) is 0 Å². The van der Waals surface area contributed by atoms with E-state index in [0.717, 1.165) is 17.9 Å². The van der Waals surface area contributed by atoms with Gasteiger partial charge < -0.3 is 15.4 Å². The molecular weight excluding hydrogens is 400 g/mol. The van der Waals surface area contributed by atoms with Gasteiger partial charge >= 0.3 is 0 Å². The number of nitrogens with zero attached hydrogens (tertiary/aromatic N) is 4. The Labute approximate surface area is 177 Å². The Balaban J connectivity index is 1.32. The molecule has 0 aliphatic rings. The number of carbonyl (C=O) groups excluding carboxylic acids is 1. The molecule has 1 aromatic carbocycles. The highest BCUT2D eigenvalue weighted by molar-refractivity contribution is 7.14. The number of benzene rings is 1. The zero-order chi connectivity index (χ0) is 20.8. The van der Waals surface area contributed by atoms with Gasteiger partial charge in [0.25, 0.3) is 5.91 Å². The quantitative estimate of drug-likeness (QED) is 0.448. The van der Waals surface area contributed by atoms with Crippen molar-refractivity contribution in [3.05, 3.63) is 77.7 Å². The van der Waals surface area contributed by atoms with Crippen LogP contribution in [0.25, 0.3) is 0 Å². The molecule has 0 spiro atoms. The monoisotopic (exact) mass is 420 g/mol. The fraction of sp³-hybridized carbons (Fsp3) is 0.143. The molecule has 3 aromatic heterocycles. The highest BCUT2D eigenvalue weighted by Crippen LogP contribution is 2.23. The maximum Gasteiger partial charge on any atom is 0.276 e. The summed E-state index contributed by atoms with van der Waals surface area (Å²) in [6, 6.07) is 13.2. The van der Waals surface area contributed by atoms with Gasteiger partial charge in [0, 0.05) is 42.3 Å². The largest absolute Gasteiger partial charge is 0.497 e. The maximum absolute atomic E-state index is 12.5. The normalized spacial score (nSPS) is 10.6. The summed E-state index contributed by atoms with van der Waals surface area (Å²) >= 11 is 1.36. The van der Waals surface area contributed by atoms with Crippen molar-refractivity contribution in [2.24, 2.45) is 0 Å². The Morgan fingerprint density at radius 2 is 1.93 bits per heavy atom. The summed E-state index contributed by atoms with van der Waals surface area (Å²) < 4.78 is 6.95. The predicted octanol–water partition coefficient (Wildman–Crippen LogP) is 3.98. The Morgan fingerprint density at radius 1 is 1.13 bits per heavy atom. The highest BCUT2D eigenvalue weighted by Gasteiger charge is 2.13. The summed E-state index contributed by atoms with van der Waals surface area (Å²) in [6.45, 7) is 0.715. The van der Waals surface area contributed by atoms with E-state index in [1.165, 1.54) is 16.9 Å². The van der Waals surface area contributed by atoms with E-state index in [9.17, 15) is 4.79 Å². The van der Waals surface area contributed by atoms with Gasteiger partial charge in [-0.3, -0.25) is 14.5 Å². The minimum Gasteiger partial charge on any atom is -0.497 e. The lowest BCUT2D eigenvalue weighted by Gasteiger charge is -2.04. The molecule has 9 heteroatoms. The van der Waals surface area contributed by atoms with Crippen LogP contribution in [-0.4, -0.2) is 32.8 Å². The molecule has 0 atom stereocenters. The van der Waals surface area contributed by atoms with E-state index in [1.54, 1.807) is 35.6 Å². The third-order valence-corrected chi connectivity index (χ3v) is 5.10. The van der Waals surface area contributed by atoms with Crippen LogP contribution in [0.2, 0.25) is 0 Å². The van der Waals surface area contributed by atoms with Gasteiger partial charge in [-0.2, -0.15) is 5.10 Å². The van der Waals surface area contributed by atoms with Crippen LogP contribution < -0.4 is 15.4 Å². The van der Waals surface area contributed by atoms with E-state index in [4.69, 9.17) is 4.74 Å². The number of thiazole rings is 1. The van der Waals surface area contributed by atoms with Crippen LogP contribution in [0.4, 0.5) is 16.6 Å². The van der Waals surface area contributed by atoms with Gasteiger partial charge in [0.1, 0.15) is 11.4 Å². The Hall–Kier alpha value is -3.72. The average molecular weight is 420 g/mol. The summed E-state index contributed by atoms with van der Waals surface area (Å²) in [5.41, 5.74) is 2.39. The molecule has 0 saturated heterocycles. The number of rotatable bonds is 8. The molecule has 8 nitrogen and oxygen atoms in total. The van der Waals surface area contributed by atoms with Crippen molar-refractivity contribution in [2.75, 3.05) is 17.7 Å². The smallest absolute Gasteiger partial charge is 0.276 e. The number of ether oxygens (including phenoxy) is 1. The fourth-order valence-corrected chi connectivity index (χ4v) is 3.47. The number of anilines is 3. The van der Waals surface area contributed by atoms with Crippen molar-refractivity contribution in [2.45, 2.75) is 13.0 Å². The van der Waals surface area contributed by atoms with Crippen molar-refractivity contribution in [3.8, 4) is 5.75 Å². The number of aryl methyl sites for hydroxylation is 2. The summed E-state index contributed by atoms with van der Waals surface area (Å²) in [5, 5.41) is 12.7. The van der Waals surface area contributed by atoms with E-state index in [-0.39, 0.29) is 5.91 Å². The molecule has 4 rings (SSSR count). The molecule has 30 heavy (non-hydrogen) atoms. The third kappa shape index (κ3) is 5.00. The number of pyridine rings is 1. The average Bonchev–Trinajstić information content (AvgIpc) is 3.43. The SMILES string of the molecule is COc1ccc(Nc2nc(C(=O)Nc3ccn(CCc4ccncc4)n3)cs2)cc1. The number of hydrogen-bond donors (Lipinski definition) is 2.